The highest BCUT2D eigenvalue weighted by molar-refractivity contribution is 5.90. The van der Waals surface area contributed by atoms with Gasteiger partial charge in [-0.15, -0.1) is 0 Å². The maximum absolute atomic E-state index is 10.5. The monoisotopic (exact) mass is 187 g/mol. The fourth-order valence-corrected chi connectivity index (χ4v) is 1.87. The predicted molar refractivity (Wildman–Crippen MR) is 56.7 cm³/mol. The van der Waals surface area contributed by atoms with Gasteiger partial charge in [0.2, 0.25) is 5.91 Å². The van der Waals surface area contributed by atoms with E-state index in [9.17, 15) is 4.79 Å². The molecule has 2 N–H and O–H groups in total. The molecule has 72 valence electrons. The van der Waals surface area contributed by atoms with E-state index in [1.807, 2.05) is 6.07 Å². The summed E-state index contributed by atoms with van der Waals surface area (Å²) in [4.78, 5) is 10.5. The van der Waals surface area contributed by atoms with Gasteiger partial charge in [0, 0.05) is 6.08 Å². The first-order valence-corrected chi connectivity index (χ1v) is 4.85. The summed E-state index contributed by atoms with van der Waals surface area (Å²) in [5, 5.41) is 0. The average Bonchev–Trinajstić information content (AvgIpc) is 2.61. The Kier molecular flexibility index (Phi) is 2.35. The summed E-state index contributed by atoms with van der Waals surface area (Å²) in [6, 6.07) is 6.31. The van der Waals surface area contributed by atoms with Crippen molar-refractivity contribution in [3.63, 3.8) is 0 Å². The van der Waals surface area contributed by atoms with Gasteiger partial charge in [-0.2, -0.15) is 0 Å². The zero-order chi connectivity index (χ0) is 9.97. The summed E-state index contributed by atoms with van der Waals surface area (Å²) in [7, 11) is 0. The van der Waals surface area contributed by atoms with E-state index < -0.39 is 5.91 Å². The van der Waals surface area contributed by atoms with Crippen molar-refractivity contribution < 1.29 is 4.79 Å². The number of primary amides is 1. The molecule has 2 nitrogen and oxygen atoms in total. The summed E-state index contributed by atoms with van der Waals surface area (Å²) < 4.78 is 0. The molecule has 1 amide bonds. The number of amides is 1. The molecule has 2 rings (SSSR count). The second-order valence-electron chi connectivity index (χ2n) is 3.62. The van der Waals surface area contributed by atoms with Crippen LogP contribution in [0.5, 0.6) is 0 Å². The van der Waals surface area contributed by atoms with Gasteiger partial charge in [-0.25, -0.2) is 0 Å². The molecule has 0 radical (unpaired) electrons. The first kappa shape index (κ1) is 9.00. The largest absolute Gasteiger partial charge is 0.366 e. The molecule has 0 saturated heterocycles. The molecule has 0 aliphatic heterocycles. The van der Waals surface area contributed by atoms with E-state index >= 15 is 0 Å². The Morgan fingerprint density at radius 3 is 2.86 bits per heavy atom. The highest BCUT2D eigenvalue weighted by Crippen LogP contribution is 2.23. The van der Waals surface area contributed by atoms with Crippen molar-refractivity contribution in [2.75, 3.05) is 0 Å². The quantitative estimate of drug-likeness (QED) is 0.703. The lowest BCUT2D eigenvalue weighted by molar-refractivity contribution is -0.113. The molecular formula is C12H13NO. The van der Waals surface area contributed by atoms with Crippen molar-refractivity contribution in [1.82, 2.24) is 0 Å². The van der Waals surface area contributed by atoms with Gasteiger partial charge < -0.3 is 5.73 Å². The Labute approximate surface area is 83.4 Å². The van der Waals surface area contributed by atoms with Gasteiger partial charge in [-0.1, -0.05) is 18.2 Å². The zero-order valence-corrected chi connectivity index (χ0v) is 7.99. The van der Waals surface area contributed by atoms with Crippen molar-refractivity contribution in [3.05, 3.63) is 41.0 Å². The topological polar surface area (TPSA) is 43.1 Å². The number of hydrogen-bond donors (Lipinski definition) is 1. The fraction of sp³-hybridized carbons (Fsp3) is 0.250. The molecule has 0 aromatic heterocycles. The van der Waals surface area contributed by atoms with E-state index in [0.717, 1.165) is 12.0 Å². The number of aryl methyl sites for hydroxylation is 2. The molecule has 2 heteroatoms. The van der Waals surface area contributed by atoms with Gasteiger partial charge in [-0.3, -0.25) is 4.79 Å². The maximum Gasteiger partial charge on any atom is 0.241 e. The van der Waals surface area contributed by atoms with Crippen LogP contribution in [0.25, 0.3) is 6.08 Å². The summed E-state index contributed by atoms with van der Waals surface area (Å²) in [5.41, 5.74) is 8.95. The van der Waals surface area contributed by atoms with Gasteiger partial charge in [0.15, 0.2) is 0 Å². The number of carbonyl (C=O) groups is 1. The van der Waals surface area contributed by atoms with Gasteiger partial charge >= 0.3 is 0 Å². The summed E-state index contributed by atoms with van der Waals surface area (Å²) in [5.74, 6) is -0.398. The lowest BCUT2D eigenvalue weighted by Crippen LogP contribution is -2.05. The highest BCUT2D eigenvalue weighted by atomic mass is 16.1. The summed E-state index contributed by atoms with van der Waals surface area (Å²) in [6.07, 6.45) is 6.76. The van der Waals surface area contributed by atoms with Crippen LogP contribution in [0.3, 0.4) is 0 Å². The Hall–Kier alpha value is -1.57. The van der Waals surface area contributed by atoms with E-state index in [1.165, 1.54) is 30.0 Å². The minimum atomic E-state index is -0.398. The number of rotatable bonds is 2. The third-order valence-corrected chi connectivity index (χ3v) is 2.56. The van der Waals surface area contributed by atoms with Crippen LogP contribution < -0.4 is 5.73 Å². The zero-order valence-electron chi connectivity index (χ0n) is 7.99. The molecular weight excluding hydrogens is 174 g/mol. The second-order valence-corrected chi connectivity index (χ2v) is 3.62. The smallest absolute Gasteiger partial charge is 0.241 e. The molecule has 0 heterocycles. The van der Waals surface area contributed by atoms with E-state index in [1.54, 1.807) is 6.08 Å². The number of hydrogen-bond acceptors (Lipinski definition) is 1. The third kappa shape index (κ3) is 1.84. The molecule has 1 aromatic rings. The molecule has 14 heavy (non-hydrogen) atoms. The summed E-state index contributed by atoms with van der Waals surface area (Å²) in [6.45, 7) is 0. The Balaban J connectivity index is 2.25. The number of fused-ring (bicyclic) bond motifs is 1. The van der Waals surface area contributed by atoms with Crippen molar-refractivity contribution in [2.24, 2.45) is 5.73 Å². The SMILES string of the molecule is NC(=O)/C=C/c1ccc2c(c1)CCC2. The Bertz CT molecular complexity index is 393. The van der Waals surface area contributed by atoms with Crippen LogP contribution in [0.2, 0.25) is 0 Å². The predicted octanol–water partition coefficient (Wildman–Crippen LogP) is 1.67. The second kappa shape index (κ2) is 3.66. The van der Waals surface area contributed by atoms with Crippen LogP contribution >= 0.6 is 0 Å². The van der Waals surface area contributed by atoms with Gasteiger partial charge in [0.25, 0.3) is 0 Å². The van der Waals surface area contributed by atoms with Crippen LogP contribution in [-0.4, -0.2) is 5.91 Å². The van der Waals surface area contributed by atoms with Gasteiger partial charge in [-0.05, 0) is 42.0 Å². The van der Waals surface area contributed by atoms with Crippen molar-refractivity contribution in [1.29, 1.82) is 0 Å². The van der Waals surface area contributed by atoms with Crippen molar-refractivity contribution in [3.8, 4) is 0 Å². The summed E-state index contributed by atoms with van der Waals surface area (Å²) >= 11 is 0. The number of carbonyl (C=O) groups excluding carboxylic acids is 1. The van der Waals surface area contributed by atoms with Crippen LogP contribution in [0.1, 0.15) is 23.1 Å². The molecule has 0 saturated carbocycles. The molecule has 1 aliphatic carbocycles. The van der Waals surface area contributed by atoms with Crippen LogP contribution in [0.4, 0.5) is 0 Å². The van der Waals surface area contributed by atoms with Gasteiger partial charge in [0.1, 0.15) is 0 Å². The van der Waals surface area contributed by atoms with Crippen LogP contribution in [-0.2, 0) is 17.6 Å². The van der Waals surface area contributed by atoms with Crippen LogP contribution in [0, 0.1) is 0 Å². The highest BCUT2D eigenvalue weighted by Gasteiger charge is 2.09. The van der Waals surface area contributed by atoms with Gasteiger partial charge in [0.05, 0.1) is 0 Å². The Morgan fingerprint density at radius 1 is 1.29 bits per heavy atom. The fourth-order valence-electron chi connectivity index (χ4n) is 1.87. The molecule has 1 aliphatic rings. The third-order valence-electron chi connectivity index (χ3n) is 2.56. The molecule has 0 atom stereocenters. The van der Waals surface area contributed by atoms with E-state index in [2.05, 4.69) is 12.1 Å². The average molecular weight is 187 g/mol. The number of benzene rings is 1. The molecule has 1 aromatic carbocycles. The van der Waals surface area contributed by atoms with Crippen molar-refractivity contribution >= 4 is 12.0 Å². The molecule has 0 fully saturated rings. The van der Waals surface area contributed by atoms with E-state index in [-0.39, 0.29) is 0 Å². The molecule has 0 unspecified atom stereocenters. The molecule has 0 spiro atoms. The minimum Gasteiger partial charge on any atom is -0.366 e. The standard InChI is InChI=1S/C12H13NO/c13-12(14)7-5-9-4-6-10-2-1-3-11(10)8-9/h4-8H,1-3H2,(H2,13,14)/b7-5+. The normalized spacial score (nSPS) is 14.6. The Morgan fingerprint density at radius 2 is 2.07 bits per heavy atom. The lowest BCUT2D eigenvalue weighted by Gasteiger charge is -1.99. The first-order chi connectivity index (χ1) is 6.75. The number of nitrogens with two attached hydrogens (primary N) is 1. The molecule has 0 bridgehead atoms. The first-order valence-electron chi connectivity index (χ1n) is 4.85. The van der Waals surface area contributed by atoms with Crippen LogP contribution in [0.15, 0.2) is 24.3 Å². The lowest BCUT2D eigenvalue weighted by atomic mass is 10.1. The minimum absolute atomic E-state index is 0.398. The maximum atomic E-state index is 10.5. The van der Waals surface area contributed by atoms with E-state index in [4.69, 9.17) is 5.73 Å². The van der Waals surface area contributed by atoms with E-state index in [0.29, 0.717) is 0 Å². The van der Waals surface area contributed by atoms with Crippen molar-refractivity contribution in [2.45, 2.75) is 19.3 Å².